The van der Waals surface area contributed by atoms with Crippen LogP contribution in [0.15, 0.2) is 0 Å². The van der Waals surface area contributed by atoms with Gasteiger partial charge in [0.2, 0.25) is 20.0 Å². The zero-order valence-electron chi connectivity index (χ0n) is 41.0. The summed E-state index contributed by atoms with van der Waals surface area (Å²) in [5, 5.41) is 21.7. The van der Waals surface area contributed by atoms with E-state index in [1.165, 1.54) is 75.6 Å². The molecule has 18 heteroatoms. The second-order valence-corrected chi connectivity index (χ2v) is 23.4. The minimum Gasteiger partial charge on any atom is -0.368 e. The summed E-state index contributed by atoms with van der Waals surface area (Å²) in [6.07, 6.45) is 4.99. The first-order chi connectivity index (χ1) is 30.6. The molecule has 4 fully saturated rings. The average molecular weight is 947 g/mol. The summed E-state index contributed by atoms with van der Waals surface area (Å²) in [4.78, 5) is 31.7. The molecule has 2 aromatic carbocycles. The number of sulfonamides is 2. The number of piperazine rings is 2. The van der Waals surface area contributed by atoms with Crippen LogP contribution in [0.2, 0.25) is 0 Å². The normalized spacial score (nSPS) is 20.0. The van der Waals surface area contributed by atoms with Crippen LogP contribution in [-0.4, -0.2) is 148 Å². The van der Waals surface area contributed by atoms with Crippen molar-refractivity contribution in [2.75, 3.05) is 95.4 Å². The first-order valence-corrected chi connectivity index (χ1v) is 26.5. The minimum atomic E-state index is -3.93. The topological polar surface area (TPSA) is 195 Å². The van der Waals surface area contributed by atoms with Crippen molar-refractivity contribution < 1.29 is 36.8 Å². The quantitative estimate of drug-likeness (QED) is 0.150. The highest BCUT2D eigenvalue weighted by molar-refractivity contribution is 7.91. The maximum Gasteiger partial charge on any atom is 0.266 e. The standard InChI is InChI=1S/C24H40N4O4S.C23H38N4O4S/c1-7-8-21-17(2)19(4)22(20(5)18(21)3)27-13-15-28(16-14-27)33(31,32)24(23(29)25-30)9-11-26(6)12-10-24;1-6-7-20-16(2)18(4)21(19(5)17(20)3)26-12-14-27(15-13-26)32(30,31)23(22(28)25-29)8-10-24-11-9-23/h30H,7-16H2,1-6H3,(H,25,29);24,29H,6-15H2,1-5H3,(H,25,28). The predicted molar refractivity (Wildman–Crippen MR) is 258 cm³/mol. The van der Waals surface area contributed by atoms with Gasteiger partial charge in [0.15, 0.2) is 9.49 Å². The molecule has 0 radical (unpaired) electrons. The fourth-order valence-corrected chi connectivity index (χ4v) is 15.2. The Hall–Kier alpha value is -3.36. The molecule has 2 amide bonds. The Balaban J connectivity index is 0.000000244. The van der Waals surface area contributed by atoms with Gasteiger partial charge in [-0.15, -0.1) is 0 Å². The highest BCUT2D eigenvalue weighted by Crippen LogP contribution is 2.39. The van der Waals surface area contributed by atoms with Gasteiger partial charge in [-0.1, -0.05) is 26.7 Å². The van der Waals surface area contributed by atoms with Crippen molar-refractivity contribution in [3.63, 3.8) is 0 Å². The molecule has 366 valence electrons. The molecular weight excluding hydrogens is 869 g/mol. The van der Waals surface area contributed by atoms with Gasteiger partial charge in [-0.3, -0.25) is 20.0 Å². The van der Waals surface area contributed by atoms with Crippen LogP contribution in [0.5, 0.6) is 0 Å². The smallest absolute Gasteiger partial charge is 0.266 e. The van der Waals surface area contributed by atoms with Crippen molar-refractivity contribution >= 4 is 43.2 Å². The van der Waals surface area contributed by atoms with Crippen molar-refractivity contribution in [3.8, 4) is 0 Å². The molecule has 5 N–H and O–H groups in total. The molecule has 2 aromatic rings. The van der Waals surface area contributed by atoms with Gasteiger partial charge < -0.3 is 20.0 Å². The van der Waals surface area contributed by atoms with E-state index in [0.29, 0.717) is 78.5 Å². The number of carbonyl (C=O) groups is 2. The number of anilines is 2. The first kappa shape index (κ1) is 52.6. The number of hydroxylamine groups is 2. The number of nitrogens with zero attached hydrogens (tertiary/aromatic N) is 5. The molecule has 0 spiro atoms. The lowest BCUT2D eigenvalue weighted by atomic mass is 9.89. The van der Waals surface area contributed by atoms with Gasteiger partial charge in [0, 0.05) is 63.7 Å². The maximum atomic E-state index is 13.7. The van der Waals surface area contributed by atoms with Gasteiger partial charge in [0.05, 0.1) is 0 Å². The van der Waals surface area contributed by atoms with E-state index >= 15 is 0 Å². The molecule has 65 heavy (non-hydrogen) atoms. The highest BCUT2D eigenvalue weighted by Gasteiger charge is 2.56. The fourth-order valence-electron chi connectivity index (χ4n) is 11.0. The summed E-state index contributed by atoms with van der Waals surface area (Å²) < 4.78 is 54.2. The second-order valence-electron chi connectivity index (χ2n) is 18.9. The first-order valence-electron chi connectivity index (χ1n) is 23.6. The van der Waals surface area contributed by atoms with Crippen LogP contribution in [0.1, 0.15) is 108 Å². The van der Waals surface area contributed by atoms with Gasteiger partial charge in [0.25, 0.3) is 11.8 Å². The van der Waals surface area contributed by atoms with E-state index in [1.807, 2.05) is 11.9 Å². The van der Waals surface area contributed by atoms with Crippen molar-refractivity contribution in [3.05, 3.63) is 55.6 Å². The lowest BCUT2D eigenvalue weighted by Crippen LogP contribution is -2.63. The predicted octanol–water partition coefficient (Wildman–Crippen LogP) is 4.25. The van der Waals surface area contributed by atoms with E-state index in [1.54, 1.807) is 11.0 Å². The van der Waals surface area contributed by atoms with Crippen LogP contribution in [0, 0.1) is 55.4 Å². The molecule has 0 bridgehead atoms. The van der Waals surface area contributed by atoms with Gasteiger partial charge in [0.1, 0.15) is 0 Å². The molecule has 4 heterocycles. The van der Waals surface area contributed by atoms with Crippen LogP contribution in [0.25, 0.3) is 0 Å². The number of rotatable bonds is 12. The molecule has 0 atom stereocenters. The molecule has 16 nitrogen and oxygen atoms in total. The van der Waals surface area contributed by atoms with Crippen molar-refractivity contribution in [1.82, 2.24) is 29.8 Å². The van der Waals surface area contributed by atoms with E-state index in [2.05, 4.69) is 84.4 Å². The van der Waals surface area contributed by atoms with Gasteiger partial charge in [-0.05, 0) is 183 Å². The Morgan fingerprint density at radius 1 is 0.523 bits per heavy atom. The van der Waals surface area contributed by atoms with Crippen molar-refractivity contribution in [1.29, 1.82) is 0 Å². The Labute approximate surface area is 389 Å². The summed E-state index contributed by atoms with van der Waals surface area (Å²) in [5.41, 5.74) is 18.9. The zero-order valence-corrected chi connectivity index (χ0v) is 42.7. The van der Waals surface area contributed by atoms with Crippen molar-refractivity contribution in [2.24, 2.45) is 0 Å². The maximum absolute atomic E-state index is 13.7. The zero-order chi connectivity index (χ0) is 48.2. The number of hydrogen-bond acceptors (Lipinski definition) is 12. The second kappa shape index (κ2) is 21.3. The lowest BCUT2D eigenvalue weighted by Gasteiger charge is -2.44. The van der Waals surface area contributed by atoms with E-state index in [9.17, 15) is 36.8 Å². The molecule has 0 unspecified atom stereocenters. The molecule has 0 saturated carbocycles. The molecule has 4 saturated heterocycles. The number of nitrogens with one attached hydrogen (secondary N) is 3. The molecule has 6 rings (SSSR count). The molecular formula is C47H78N8O8S2. The monoisotopic (exact) mass is 947 g/mol. The van der Waals surface area contributed by atoms with Crippen LogP contribution in [0.4, 0.5) is 11.4 Å². The number of hydrogen-bond donors (Lipinski definition) is 5. The van der Waals surface area contributed by atoms with Crippen LogP contribution < -0.4 is 26.1 Å². The van der Waals surface area contributed by atoms with Gasteiger partial charge in [-0.2, -0.15) is 8.61 Å². The number of piperidine rings is 2. The molecule has 0 aliphatic carbocycles. The summed E-state index contributed by atoms with van der Waals surface area (Å²) >= 11 is 0. The van der Waals surface area contributed by atoms with E-state index in [4.69, 9.17) is 0 Å². The molecule has 4 aliphatic heterocycles. The number of likely N-dealkylation sites (tertiary alicyclic amines) is 1. The van der Waals surface area contributed by atoms with Crippen molar-refractivity contribution in [2.45, 2.75) is 130 Å². The fraction of sp³-hybridized carbons (Fsp3) is 0.702. The Bertz CT molecular complexity index is 2220. The van der Waals surface area contributed by atoms with Crippen LogP contribution in [-0.2, 0) is 42.5 Å². The van der Waals surface area contributed by atoms with Crippen LogP contribution in [0.3, 0.4) is 0 Å². The van der Waals surface area contributed by atoms with E-state index in [0.717, 1.165) is 25.7 Å². The third-order valence-electron chi connectivity index (χ3n) is 15.5. The summed E-state index contributed by atoms with van der Waals surface area (Å²) in [6, 6.07) is 0. The minimum absolute atomic E-state index is 0.150. The number of benzene rings is 2. The molecule has 0 aromatic heterocycles. The average Bonchev–Trinajstić information content (AvgIpc) is 3.31. The van der Waals surface area contributed by atoms with E-state index < -0.39 is 41.4 Å². The SMILES string of the molecule is CCCc1c(C)c(C)c(N2CCN(S(=O)(=O)C3(C(=O)NO)CCN(C)CC3)CC2)c(C)c1C.CCCc1c(C)c(C)c(N2CCN(S(=O)(=O)C3(C(=O)NO)CCNCC3)CC2)c(C)c1C. The summed E-state index contributed by atoms with van der Waals surface area (Å²) in [5.74, 6) is -1.65. The van der Waals surface area contributed by atoms with E-state index in [-0.39, 0.29) is 25.7 Å². The Morgan fingerprint density at radius 3 is 1.12 bits per heavy atom. The lowest BCUT2D eigenvalue weighted by molar-refractivity contribution is -0.133. The largest absolute Gasteiger partial charge is 0.368 e. The number of amides is 2. The summed E-state index contributed by atoms with van der Waals surface area (Å²) in [6.45, 7) is 27.2. The summed E-state index contributed by atoms with van der Waals surface area (Å²) in [7, 11) is -5.94. The Morgan fingerprint density at radius 2 is 0.831 bits per heavy atom. The number of carbonyl (C=O) groups excluding carboxylic acids is 2. The highest BCUT2D eigenvalue weighted by atomic mass is 32.2. The van der Waals surface area contributed by atoms with Gasteiger partial charge in [-0.25, -0.2) is 27.8 Å². The van der Waals surface area contributed by atoms with Gasteiger partial charge >= 0.3 is 0 Å². The Kier molecular flexibility index (Phi) is 17.2. The molecule has 4 aliphatic rings. The third kappa shape index (κ3) is 9.70. The third-order valence-corrected chi connectivity index (χ3v) is 20.7. The van der Waals surface area contributed by atoms with Crippen LogP contribution >= 0.6 is 0 Å².